The predicted molar refractivity (Wildman–Crippen MR) is 109 cm³/mol. The lowest BCUT2D eigenvalue weighted by atomic mass is 9.96. The van der Waals surface area contributed by atoms with Crippen LogP contribution >= 0.6 is 0 Å². The van der Waals surface area contributed by atoms with Gasteiger partial charge in [-0.15, -0.1) is 0 Å². The van der Waals surface area contributed by atoms with Gasteiger partial charge in [-0.25, -0.2) is 4.98 Å². The number of para-hydroxylation sites is 2. The second-order valence-electron chi connectivity index (χ2n) is 7.63. The molecule has 0 aliphatic carbocycles. The van der Waals surface area contributed by atoms with E-state index in [4.69, 9.17) is 9.15 Å². The van der Waals surface area contributed by atoms with E-state index in [1.807, 2.05) is 61.2 Å². The number of nitrogens with zero attached hydrogens (tertiary/aromatic N) is 2. The highest BCUT2D eigenvalue weighted by Gasteiger charge is 2.29. The fourth-order valence-electron chi connectivity index (χ4n) is 3.71. The number of hydrogen-bond donors (Lipinski definition) is 0. The molecule has 0 N–H and O–H groups in total. The number of carbonyl (C=O) groups excluding carboxylic acids is 1. The highest BCUT2D eigenvalue weighted by atomic mass is 16.5. The molecule has 1 aliphatic rings. The van der Waals surface area contributed by atoms with Gasteiger partial charge in [0.1, 0.15) is 11.3 Å². The van der Waals surface area contributed by atoms with Crippen LogP contribution in [-0.2, 0) is 4.79 Å². The van der Waals surface area contributed by atoms with Gasteiger partial charge in [0, 0.05) is 19.0 Å². The summed E-state index contributed by atoms with van der Waals surface area (Å²) in [6.45, 7) is 7.33. The molecule has 1 atom stereocenters. The Kier molecular flexibility index (Phi) is 5.07. The molecule has 0 radical (unpaired) electrons. The fraction of sp³-hybridized carbons (Fsp3) is 0.391. The molecule has 2 heterocycles. The Labute approximate surface area is 165 Å². The molecule has 2 aromatic carbocycles. The van der Waals surface area contributed by atoms with E-state index in [0.717, 1.165) is 41.1 Å². The minimum atomic E-state index is -0.497. The van der Waals surface area contributed by atoms with Gasteiger partial charge in [0.2, 0.25) is 0 Å². The van der Waals surface area contributed by atoms with Gasteiger partial charge < -0.3 is 14.1 Å². The molecule has 1 fully saturated rings. The maximum absolute atomic E-state index is 12.8. The van der Waals surface area contributed by atoms with Gasteiger partial charge in [0.05, 0.1) is 0 Å². The number of ether oxygens (including phenoxy) is 1. The SMILES string of the molecule is Cc1ccc(O[C@@H](C)C(=O)N2CCC(c3nc4ccccc4o3)CC2)cc1C. The molecule has 0 spiro atoms. The van der Waals surface area contributed by atoms with Crippen molar-refractivity contribution >= 4 is 17.0 Å². The van der Waals surface area contributed by atoms with E-state index in [0.29, 0.717) is 13.1 Å². The van der Waals surface area contributed by atoms with Crippen molar-refractivity contribution in [3.63, 3.8) is 0 Å². The van der Waals surface area contributed by atoms with Crippen molar-refractivity contribution in [1.29, 1.82) is 0 Å². The van der Waals surface area contributed by atoms with Crippen LogP contribution in [0.3, 0.4) is 0 Å². The van der Waals surface area contributed by atoms with Crippen LogP contribution in [0.5, 0.6) is 5.75 Å². The van der Waals surface area contributed by atoms with Crippen molar-refractivity contribution in [2.75, 3.05) is 13.1 Å². The van der Waals surface area contributed by atoms with Gasteiger partial charge in [0.25, 0.3) is 5.91 Å². The Morgan fingerprint density at radius 3 is 2.61 bits per heavy atom. The Balaban J connectivity index is 1.35. The molecule has 1 amide bonds. The third-order valence-corrected chi connectivity index (χ3v) is 5.61. The predicted octanol–water partition coefficient (Wildman–Crippen LogP) is 4.62. The smallest absolute Gasteiger partial charge is 0.263 e. The van der Waals surface area contributed by atoms with Gasteiger partial charge in [-0.2, -0.15) is 0 Å². The largest absolute Gasteiger partial charge is 0.481 e. The number of amides is 1. The quantitative estimate of drug-likeness (QED) is 0.665. The summed E-state index contributed by atoms with van der Waals surface area (Å²) in [4.78, 5) is 19.3. The van der Waals surface area contributed by atoms with Crippen LogP contribution in [0, 0.1) is 13.8 Å². The van der Waals surface area contributed by atoms with Crippen LogP contribution in [0.4, 0.5) is 0 Å². The number of oxazole rings is 1. The first kappa shape index (κ1) is 18.5. The number of aromatic nitrogens is 1. The third kappa shape index (κ3) is 3.75. The van der Waals surface area contributed by atoms with Gasteiger partial charge in [-0.05, 0) is 69.0 Å². The lowest BCUT2D eigenvalue weighted by molar-refractivity contribution is -0.139. The number of piperidine rings is 1. The second-order valence-corrected chi connectivity index (χ2v) is 7.63. The average Bonchev–Trinajstić information content (AvgIpc) is 3.14. The molecule has 5 heteroatoms. The molecule has 0 bridgehead atoms. The van der Waals surface area contributed by atoms with Crippen LogP contribution in [0.2, 0.25) is 0 Å². The number of rotatable bonds is 4. The molecule has 1 aliphatic heterocycles. The minimum Gasteiger partial charge on any atom is -0.481 e. The molecule has 1 aromatic heterocycles. The Hall–Kier alpha value is -2.82. The number of fused-ring (bicyclic) bond motifs is 1. The summed E-state index contributed by atoms with van der Waals surface area (Å²) >= 11 is 0. The normalized spacial score (nSPS) is 16.3. The van der Waals surface area contributed by atoms with Gasteiger partial charge in [-0.1, -0.05) is 18.2 Å². The van der Waals surface area contributed by atoms with E-state index in [1.165, 1.54) is 5.56 Å². The van der Waals surface area contributed by atoms with E-state index in [2.05, 4.69) is 11.9 Å². The zero-order valence-corrected chi connectivity index (χ0v) is 16.6. The van der Waals surface area contributed by atoms with E-state index in [-0.39, 0.29) is 11.8 Å². The molecular formula is C23H26N2O3. The van der Waals surface area contributed by atoms with Crippen LogP contribution in [-0.4, -0.2) is 35.0 Å². The van der Waals surface area contributed by atoms with Gasteiger partial charge >= 0.3 is 0 Å². The zero-order valence-electron chi connectivity index (χ0n) is 16.6. The van der Waals surface area contributed by atoms with E-state index < -0.39 is 6.10 Å². The lowest BCUT2D eigenvalue weighted by Gasteiger charge is -2.32. The van der Waals surface area contributed by atoms with E-state index in [1.54, 1.807) is 0 Å². The third-order valence-electron chi connectivity index (χ3n) is 5.61. The summed E-state index contributed by atoms with van der Waals surface area (Å²) in [5, 5.41) is 0. The number of hydrogen-bond acceptors (Lipinski definition) is 4. The first-order valence-electron chi connectivity index (χ1n) is 9.89. The maximum atomic E-state index is 12.8. The molecule has 146 valence electrons. The summed E-state index contributed by atoms with van der Waals surface area (Å²) in [5.41, 5.74) is 4.10. The standard InChI is InChI=1S/C23H26N2O3/c1-15-8-9-19(14-16(15)2)27-17(3)23(26)25-12-10-18(11-13-25)22-24-20-6-4-5-7-21(20)28-22/h4-9,14,17-18H,10-13H2,1-3H3/t17-/m0/s1. The average molecular weight is 378 g/mol. The van der Waals surface area contributed by atoms with Crippen molar-refractivity contribution < 1.29 is 13.9 Å². The number of carbonyl (C=O) groups is 1. The van der Waals surface area contributed by atoms with Gasteiger partial charge in [0.15, 0.2) is 17.6 Å². The molecular weight excluding hydrogens is 352 g/mol. The zero-order chi connectivity index (χ0) is 19.7. The van der Waals surface area contributed by atoms with E-state index in [9.17, 15) is 4.79 Å². The first-order valence-corrected chi connectivity index (χ1v) is 9.89. The molecule has 4 rings (SSSR count). The highest BCUT2D eigenvalue weighted by Crippen LogP contribution is 2.30. The van der Waals surface area contributed by atoms with Crippen molar-refractivity contribution in [2.45, 2.75) is 45.6 Å². The Morgan fingerprint density at radius 2 is 1.89 bits per heavy atom. The molecule has 28 heavy (non-hydrogen) atoms. The second kappa shape index (κ2) is 7.66. The summed E-state index contributed by atoms with van der Waals surface area (Å²) in [7, 11) is 0. The number of likely N-dealkylation sites (tertiary alicyclic amines) is 1. The summed E-state index contributed by atoms with van der Waals surface area (Å²) in [6, 6.07) is 13.8. The Bertz CT molecular complexity index is 953. The fourth-order valence-corrected chi connectivity index (χ4v) is 3.71. The Morgan fingerprint density at radius 1 is 1.14 bits per heavy atom. The van der Waals surface area contributed by atoms with Crippen LogP contribution in [0.25, 0.3) is 11.1 Å². The van der Waals surface area contributed by atoms with Crippen molar-refractivity contribution in [3.05, 3.63) is 59.5 Å². The molecule has 1 saturated heterocycles. The molecule has 0 saturated carbocycles. The lowest BCUT2D eigenvalue weighted by Crippen LogP contribution is -2.44. The number of aryl methyl sites for hydroxylation is 2. The van der Waals surface area contributed by atoms with Crippen LogP contribution < -0.4 is 4.74 Å². The van der Waals surface area contributed by atoms with Crippen LogP contribution in [0.1, 0.15) is 42.7 Å². The molecule has 3 aromatic rings. The number of benzene rings is 2. The summed E-state index contributed by atoms with van der Waals surface area (Å²) in [5.74, 6) is 1.82. The maximum Gasteiger partial charge on any atom is 0.263 e. The van der Waals surface area contributed by atoms with Gasteiger partial charge in [-0.3, -0.25) is 4.79 Å². The first-order chi connectivity index (χ1) is 13.5. The van der Waals surface area contributed by atoms with Crippen molar-refractivity contribution in [3.8, 4) is 5.75 Å². The molecule has 0 unspecified atom stereocenters. The summed E-state index contributed by atoms with van der Waals surface area (Å²) in [6.07, 6.45) is 1.21. The summed E-state index contributed by atoms with van der Waals surface area (Å²) < 4.78 is 11.8. The molecule has 5 nitrogen and oxygen atoms in total. The monoisotopic (exact) mass is 378 g/mol. The van der Waals surface area contributed by atoms with Crippen molar-refractivity contribution in [2.24, 2.45) is 0 Å². The van der Waals surface area contributed by atoms with E-state index >= 15 is 0 Å². The van der Waals surface area contributed by atoms with Crippen LogP contribution in [0.15, 0.2) is 46.9 Å². The highest BCUT2D eigenvalue weighted by molar-refractivity contribution is 5.81. The minimum absolute atomic E-state index is 0.0363. The topological polar surface area (TPSA) is 55.6 Å². The van der Waals surface area contributed by atoms with Crippen molar-refractivity contribution in [1.82, 2.24) is 9.88 Å².